The summed E-state index contributed by atoms with van der Waals surface area (Å²) in [6, 6.07) is 25.1. The highest BCUT2D eigenvalue weighted by molar-refractivity contribution is 8.32. The molecule has 0 aliphatic heterocycles. The largest absolute Gasteiger partial charge is 0.508 e. The number of hydrogen-bond donors (Lipinski definition) is 3. The van der Waals surface area contributed by atoms with Crippen molar-refractivity contribution in [2.24, 2.45) is 0 Å². The van der Waals surface area contributed by atoms with Gasteiger partial charge in [-0.3, -0.25) is 3.63 Å². The maximum absolute atomic E-state index is 13.6. The second-order valence-electron chi connectivity index (χ2n) is 7.42. The summed E-state index contributed by atoms with van der Waals surface area (Å²) in [5, 5.41) is 29.6. The standard InChI is InChI=1S/C25H22O6S2/c1-18-2-10-25(11-3-18)33(29,30)31-32(22-12-4-19(26)5-13-22,23-14-6-20(27)7-15-23)24-16-8-21(28)9-17-24/h2-17,26-28H,1H3/p+1. The Hall–Kier alpha value is -3.46. The third kappa shape index (κ3) is 4.54. The molecule has 0 saturated heterocycles. The molecule has 0 unspecified atom stereocenters. The second kappa shape index (κ2) is 8.82. The van der Waals surface area contributed by atoms with E-state index in [1.165, 1.54) is 48.5 Å². The Kier molecular flexibility index (Phi) is 6.07. The van der Waals surface area contributed by atoms with Crippen molar-refractivity contribution in [1.29, 1.82) is 0 Å². The van der Waals surface area contributed by atoms with E-state index in [2.05, 4.69) is 3.63 Å². The van der Waals surface area contributed by atoms with Gasteiger partial charge < -0.3 is 15.3 Å². The van der Waals surface area contributed by atoms with Gasteiger partial charge in [-0.25, -0.2) is 0 Å². The Morgan fingerprint density at radius 2 is 0.818 bits per heavy atom. The van der Waals surface area contributed by atoms with E-state index in [0.29, 0.717) is 14.7 Å². The van der Waals surface area contributed by atoms with Crippen LogP contribution in [0.25, 0.3) is 0 Å². The highest BCUT2D eigenvalue weighted by Gasteiger charge is 2.43. The van der Waals surface area contributed by atoms with Crippen molar-refractivity contribution >= 4 is 20.4 Å². The van der Waals surface area contributed by atoms with Gasteiger partial charge in [-0.1, -0.05) is 17.7 Å². The molecule has 0 spiro atoms. The molecule has 0 bridgehead atoms. The third-order valence-corrected chi connectivity index (χ3v) is 10.5. The molecule has 4 aromatic carbocycles. The minimum Gasteiger partial charge on any atom is -0.508 e. The number of aromatic hydroxyl groups is 3. The lowest BCUT2D eigenvalue weighted by Crippen LogP contribution is -2.18. The SMILES string of the molecule is Cc1ccc(S(=O)(=O)[OH+]S(c2ccc(O)cc2)(c2ccc(O)cc2)c2ccc(O)cc2)cc1. The fraction of sp³-hybridized carbons (Fsp3) is 0.0400. The zero-order chi connectivity index (χ0) is 23.6. The van der Waals surface area contributed by atoms with Gasteiger partial charge in [0, 0.05) is 0 Å². The highest BCUT2D eigenvalue weighted by Crippen LogP contribution is 2.68. The Balaban J connectivity index is 2.02. The summed E-state index contributed by atoms with van der Waals surface area (Å²) in [4.78, 5) is 1.74. The summed E-state index contributed by atoms with van der Waals surface area (Å²) in [5.41, 5.74) is 0.920. The fourth-order valence-corrected chi connectivity index (χ4v) is 8.81. The zero-order valence-corrected chi connectivity index (χ0v) is 19.3. The monoisotopic (exact) mass is 483 g/mol. The van der Waals surface area contributed by atoms with E-state index in [0.717, 1.165) is 5.56 Å². The highest BCUT2D eigenvalue weighted by atomic mass is 32.3. The maximum atomic E-state index is 13.6. The van der Waals surface area contributed by atoms with Crippen LogP contribution in [-0.4, -0.2) is 27.4 Å². The molecule has 0 amide bonds. The first-order valence-corrected chi connectivity index (χ1v) is 13.0. The van der Waals surface area contributed by atoms with Gasteiger partial charge >= 0.3 is 10.1 Å². The molecule has 4 N–H and O–H groups in total. The first-order valence-electron chi connectivity index (χ1n) is 9.97. The van der Waals surface area contributed by atoms with Crippen molar-refractivity contribution in [3.05, 3.63) is 103 Å². The molecule has 0 atom stereocenters. The molecular weight excluding hydrogens is 460 g/mol. The molecule has 0 aromatic heterocycles. The first-order chi connectivity index (χ1) is 15.7. The van der Waals surface area contributed by atoms with Crippen LogP contribution in [0.2, 0.25) is 0 Å². The molecule has 33 heavy (non-hydrogen) atoms. The molecular formula is C25H23O6S2+. The van der Waals surface area contributed by atoms with Crippen LogP contribution in [0.5, 0.6) is 17.2 Å². The molecule has 8 heteroatoms. The van der Waals surface area contributed by atoms with Crippen LogP contribution in [0.3, 0.4) is 0 Å². The predicted molar refractivity (Wildman–Crippen MR) is 128 cm³/mol. The lowest BCUT2D eigenvalue weighted by Gasteiger charge is -2.34. The van der Waals surface area contributed by atoms with Gasteiger partial charge in [0.25, 0.3) is 0 Å². The van der Waals surface area contributed by atoms with Gasteiger partial charge in [0.15, 0.2) is 0 Å². The van der Waals surface area contributed by atoms with Crippen molar-refractivity contribution in [2.75, 3.05) is 0 Å². The zero-order valence-electron chi connectivity index (χ0n) is 17.7. The van der Waals surface area contributed by atoms with Gasteiger partial charge in [0.2, 0.25) is 0 Å². The number of aryl methyl sites for hydroxylation is 1. The van der Waals surface area contributed by atoms with Crippen LogP contribution in [0.15, 0.2) is 117 Å². The second-order valence-corrected chi connectivity index (χ2v) is 12.0. The lowest BCUT2D eigenvalue weighted by molar-refractivity contribution is 0.387. The van der Waals surface area contributed by atoms with Crippen LogP contribution in [0, 0.1) is 6.92 Å². The average molecular weight is 484 g/mol. The minimum absolute atomic E-state index is 0.0323. The van der Waals surface area contributed by atoms with E-state index >= 15 is 0 Å². The van der Waals surface area contributed by atoms with Crippen molar-refractivity contribution in [3.8, 4) is 17.2 Å². The summed E-state index contributed by atoms with van der Waals surface area (Å²) < 4.78 is 31.7. The van der Waals surface area contributed by atoms with Crippen LogP contribution in [-0.2, 0) is 10.1 Å². The van der Waals surface area contributed by atoms with Gasteiger partial charge in [0.05, 0.1) is 25.0 Å². The van der Waals surface area contributed by atoms with E-state index in [4.69, 9.17) is 0 Å². The normalized spacial score (nSPS) is 12.4. The molecule has 0 aliphatic carbocycles. The van der Waals surface area contributed by atoms with Gasteiger partial charge in [0.1, 0.15) is 22.1 Å². The molecule has 0 heterocycles. The van der Waals surface area contributed by atoms with E-state index in [1.54, 1.807) is 48.5 Å². The number of hydrogen-bond acceptors (Lipinski definition) is 5. The maximum Gasteiger partial charge on any atom is 0.422 e. The van der Waals surface area contributed by atoms with Crippen LogP contribution < -0.4 is 0 Å². The minimum atomic E-state index is -4.13. The summed E-state index contributed by atoms with van der Waals surface area (Å²) in [7, 11) is -6.93. The van der Waals surface area contributed by atoms with Crippen LogP contribution >= 0.6 is 10.3 Å². The molecule has 0 fully saturated rings. The molecule has 0 aliphatic rings. The Labute approximate surface area is 194 Å². The van der Waals surface area contributed by atoms with Gasteiger partial charge in [-0.05, 0) is 91.9 Å². The van der Waals surface area contributed by atoms with E-state index in [9.17, 15) is 23.7 Å². The molecule has 0 radical (unpaired) electrons. The fourth-order valence-electron chi connectivity index (χ4n) is 3.37. The topological polar surface area (TPSA) is 108 Å². The molecule has 0 saturated carbocycles. The van der Waals surface area contributed by atoms with Crippen LogP contribution in [0.4, 0.5) is 0 Å². The number of rotatable bonds is 6. The Morgan fingerprint density at radius 3 is 1.15 bits per heavy atom. The van der Waals surface area contributed by atoms with Crippen LogP contribution in [0.1, 0.15) is 5.56 Å². The molecule has 6 nitrogen and oxygen atoms in total. The van der Waals surface area contributed by atoms with Gasteiger partial charge in [-0.2, -0.15) is 0 Å². The Bertz CT molecular complexity index is 1240. The predicted octanol–water partition coefficient (Wildman–Crippen LogP) is 5.79. The quantitative estimate of drug-likeness (QED) is 0.238. The lowest BCUT2D eigenvalue weighted by atomic mass is 10.2. The van der Waals surface area contributed by atoms with Crippen molar-refractivity contribution in [2.45, 2.75) is 26.5 Å². The van der Waals surface area contributed by atoms with Crippen molar-refractivity contribution in [1.82, 2.24) is 0 Å². The average Bonchev–Trinajstić information content (AvgIpc) is 2.79. The smallest absolute Gasteiger partial charge is 0.422 e. The summed E-state index contributed by atoms with van der Waals surface area (Å²) in [6.45, 7) is 1.87. The van der Waals surface area contributed by atoms with E-state index in [1.807, 2.05) is 6.92 Å². The molecule has 4 rings (SSSR count). The first kappa shape index (κ1) is 22.7. The summed E-state index contributed by atoms with van der Waals surface area (Å²) in [5.74, 6) is 0.0968. The third-order valence-electron chi connectivity index (χ3n) is 5.06. The summed E-state index contributed by atoms with van der Waals surface area (Å²) >= 11 is 0. The van der Waals surface area contributed by atoms with Crippen molar-refractivity contribution in [3.63, 3.8) is 0 Å². The van der Waals surface area contributed by atoms with Gasteiger partial charge in [-0.15, -0.1) is 8.42 Å². The number of phenolic OH excluding ortho intramolecular Hbond substituents is 3. The summed E-state index contributed by atoms with van der Waals surface area (Å²) in [6.07, 6.45) is 0. The molecule has 4 aromatic rings. The Morgan fingerprint density at radius 1 is 0.515 bits per heavy atom. The number of phenols is 3. The van der Waals surface area contributed by atoms with E-state index < -0.39 is 20.4 Å². The van der Waals surface area contributed by atoms with Crippen molar-refractivity contribution < 1.29 is 27.4 Å². The number of benzene rings is 4. The van der Waals surface area contributed by atoms with E-state index in [-0.39, 0.29) is 22.1 Å². The molecule has 170 valence electrons.